The Balaban J connectivity index is 1.85. The molecule has 3 N–H and O–H groups in total. The second-order valence-electron chi connectivity index (χ2n) is 7.88. The maximum atomic E-state index is 12.8. The highest BCUT2D eigenvalue weighted by atomic mass is 32.2. The van der Waals surface area contributed by atoms with Gasteiger partial charge in [0.15, 0.2) is 0 Å². The summed E-state index contributed by atoms with van der Waals surface area (Å²) in [7, 11) is -2.94. The standard InChI is InChI=1S/C25H31N5O5S/c1-5-34-20-11-7-18(8-12-20)22-15-26-24(29-23(22)27-17(3)16-31)28-19-9-13-21(14-10-19)36(4,33)30-25(32)35-6-2/h7-15,17,31H,5-6,16H2,1-4H3,(H2,26,27,28,29)/t17-,36?/m1/s1. The molecular weight excluding hydrogens is 482 g/mol. The number of aliphatic hydroxyl groups is 1. The number of nitrogens with one attached hydrogen (secondary N) is 2. The quantitative estimate of drug-likeness (QED) is 0.353. The van der Waals surface area contributed by atoms with Crippen molar-refractivity contribution in [2.45, 2.75) is 31.7 Å². The summed E-state index contributed by atoms with van der Waals surface area (Å²) >= 11 is 0. The van der Waals surface area contributed by atoms with E-state index in [2.05, 4.69) is 25.0 Å². The summed E-state index contributed by atoms with van der Waals surface area (Å²) in [6, 6.07) is 14.0. The molecule has 1 heterocycles. The van der Waals surface area contributed by atoms with Crippen LogP contribution in [0.25, 0.3) is 11.1 Å². The predicted octanol–water partition coefficient (Wildman–Crippen LogP) is 4.69. The predicted molar refractivity (Wildman–Crippen MR) is 140 cm³/mol. The smallest absolute Gasteiger partial charge is 0.442 e. The summed E-state index contributed by atoms with van der Waals surface area (Å²) in [5.41, 5.74) is 2.32. The molecule has 1 amide bonds. The number of amides is 1. The summed E-state index contributed by atoms with van der Waals surface area (Å²) in [4.78, 5) is 21.1. The highest BCUT2D eigenvalue weighted by Crippen LogP contribution is 2.29. The van der Waals surface area contributed by atoms with Crippen molar-refractivity contribution in [1.29, 1.82) is 0 Å². The van der Waals surface area contributed by atoms with Crippen molar-refractivity contribution in [3.8, 4) is 16.9 Å². The minimum Gasteiger partial charge on any atom is -0.494 e. The van der Waals surface area contributed by atoms with Crippen LogP contribution in [0.1, 0.15) is 20.8 Å². The first kappa shape index (κ1) is 26.9. The minimum absolute atomic E-state index is 0.0654. The maximum Gasteiger partial charge on any atom is 0.442 e. The third-order valence-electron chi connectivity index (χ3n) is 4.99. The van der Waals surface area contributed by atoms with Gasteiger partial charge in [-0.25, -0.2) is 14.0 Å². The molecule has 10 nitrogen and oxygen atoms in total. The summed E-state index contributed by atoms with van der Waals surface area (Å²) in [6.07, 6.45) is 2.23. The molecule has 0 fully saturated rings. The van der Waals surface area contributed by atoms with E-state index in [1.165, 1.54) is 6.26 Å². The van der Waals surface area contributed by atoms with Crippen LogP contribution in [-0.2, 0) is 14.5 Å². The average Bonchev–Trinajstić information content (AvgIpc) is 2.85. The van der Waals surface area contributed by atoms with Crippen LogP contribution in [0.5, 0.6) is 5.75 Å². The van der Waals surface area contributed by atoms with Crippen molar-refractivity contribution in [1.82, 2.24) is 9.97 Å². The highest BCUT2D eigenvalue weighted by Gasteiger charge is 2.14. The molecule has 0 radical (unpaired) electrons. The normalized spacial score (nSPS) is 13.2. The second kappa shape index (κ2) is 12.3. The van der Waals surface area contributed by atoms with Crippen molar-refractivity contribution in [3.05, 3.63) is 54.7 Å². The van der Waals surface area contributed by atoms with E-state index in [1.54, 1.807) is 37.4 Å². The molecule has 3 rings (SSSR count). The molecule has 0 aliphatic rings. The largest absolute Gasteiger partial charge is 0.494 e. The fourth-order valence-electron chi connectivity index (χ4n) is 3.20. The SMILES string of the molecule is CCOC(=O)N=S(C)(=O)c1ccc(Nc2ncc(-c3ccc(OCC)cc3)c(N[C@H](C)CO)n2)cc1. The van der Waals surface area contributed by atoms with E-state index in [4.69, 9.17) is 9.47 Å². The Morgan fingerprint density at radius 1 is 1.11 bits per heavy atom. The molecule has 192 valence electrons. The van der Waals surface area contributed by atoms with Gasteiger partial charge < -0.3 is 25.2 Å². The number of aromatic nitrogens is 2. The molecule has 0 bridgehead atoms. The van der Waals surface area contributed by atoms with Crippen LogP contribution < -0.4 is 15.4 Å². The van der Waals surface area contributed by atoms with E-state index in [9.17, 15) is 14.1 Å². The van der Waals surface area contributed by atoms with Gasteiger partial charge in [0.25, 0.3) is 0 Å². The number of hydrogen-bond acceptors (Lipinski definition) is 9. The number of carbonyl (C=O) groups excluding carboxylic acids is 1. The Hall–Kier alpha value is -3.70. The molecule has 2 atom stereocenters. The molecule has 2 aromatic carbocycles. The first-order valence-electron chi connectivity index (χ1n) is 11.5. The zero-order valence-electron chi connectivity index (χ0n) is 20.7. The molecule has 11 heteroatoms. The van der Waals surface area contributed by atoms with E-state index in [-0.39, 0.29) is 19.3 Å². The lowest BCUT2D eigenvalue weighted by atomic mass is 10.1. The Morgan fingerprint density at radius 3 is 2.42 bits per heavy atom. The van der Waals surface area contributed by atoms with E-state index in [0.717, 1.165) is 16.9 Å². The van der Waals surface area contributed by atoms with Gasteiger partial charge in [0.1, 0.15) is 11.6 Å². The lowest BCUT2D eigenvalue weighted by molar-refractivity contribution is 0.164. The van der Waals surface area contributed by atoms with Crippen LogP contribution in [0.2, 0.25) is 0 Å². The number of hydrogen-bond donors (Lipinski definition) is 3. The van der Waals surface area contributed by atoms with Crippen molar-refractivity contribution in [3.63, 3.8) is 0 Å². The zero-order valence-corrected chi connectivity index (χ0v) is 21.5. The van der Waals surface area contributed by atoms with E-state index >= 15 is 0 Å². The van der Waals surface area contributed by atoms with Crippen LogP contribution in [-0.4, -0.2) is 57.5 Å². The lowest BCUT2D eigenvalue weighted by Crippen LogP contribution is -2.21. The summed E-state index contributed by atoms with van der Waals surface area (Å²) in [5, 5.41) is 15.9. The van der Waals surface area contributed by atoms with Crippen molar-refractivity contribution in [2.24, 2.45) is 4.36 Å². The monoisotopic (exact) mass is 513 g/mol. The van der Waals surface area contributed by atoms with E-state index < -0.39 is 15.8 Å². The number of aliphatic hydroxyl groups excluding tert-OH is 1. The van der Waals surface area contributed by atoms with Crippen LogP contribution in [0.3, 0.4) is 0 Å². The fourth-order valence-corrected chi connectivity index (χ4v) is 4.29. The van der Waals surface area contributed by atoms with Gasteiger partial charge in [-0.3, -0.25) is 0 Å². The third-order valence-corrected chi connectivity index (χ3v) is 6.63. The maximum absolute atomic E-state index is 12.8. The highest BCUT2D eigenvalue weighted by molar-refractivity contribution is 7.93. The Bertz CT molecular complexity index is 1290. The molecule has 0 aliphatic carbocycles. The number of nitrogens with zero attached hydrogens (tertiary/aromatic N) is 3. The van der Waals surface area contributed by atoms with Gasteiger partial charge in [-0.05, 0) is 62.7 Å². The number of carbonyl (C=O) groups is 1. The van der Waals surface area contributed by atoms with Gasteiger partial charge in [-0.15, -0.1) is 4.36 Å². The van der Waals surface area contributed by atoms with Crippen LogP contribution in [0, 0.1) is 0 Å². The lowest BCUT2D eigenvalue weighted by Gasteiger charge is -2.17. The molecule has 3 aromatic rings. The molecular formula is C25H31N5O5S. The topological polar surface area (TPSA) is 135 Å². The molecule has 1 unspecified atom stereocenters. The van der Waals surface area contributed by atoms with Gasteiger partial charge in [-0.1, -0.05) is 12.1 Å². The number of rotatable bonds is 10. The second-order valence-corrected chi connectivity index (χ2v) is 10.1. The average molecular weight is 514 g/mol. The van der Waals surface area contributed by atoms with Crippen molar-refractivity contribution in [2.75, 3.05) is 36.7 Å². The van der Waals surface area contributed by atoms with E-state index in [0.29, 0.717) is 29.0 Å². The van der Waals surface area contributed by atoms with Gasteiger partial charge >= 0.3 is 6.09 Å². The Labute approximate surface area is 211 Å². The Kier molecular flexibility index (Phi) is 9.20. The van der Waals surface area contributed by atoms with Crippen LogP contribution in [0.15, 0.2) is 64.0 Å². The first-order chi connectivity index (χ1) is 17.2. The summed E-state index contributed by atoms with van der Waals surface area (Å²) < 4.78 is 26.7. The first-order valence-corrected chi connectivity index (χ1v) is 13.4. The van der Waals surface area contributed by atoms with E-state index in [1.807, 2.05) is 38.1 Å². The molecule has 0 saturated heterocycles. The van der Waals surface area contributed by atoms with Crippen LogP contribution in [0.4, 0.5) is 22.2 Å². The van der Waals surface area contributed by atoms with Gasteiger partial charge in [0.2, 0.25) is 5.95 Å². The van der Waals surface area contributed by atoms with Crippen molar-refractivity contribution < 1.29 is 23.6 Å². The van der Waals surface area contributed by atoms with Gasteiger partial charge in [0.05, 0.1) is 29.5 Å². The molecule has 0 spiro atoms. The Morgan fingerprint density at radius 2 is 1.81 bits per heavy atom. The van der Waals surface area contributed by atoms with Gasteiger partial charge in [-0.2, -0.15) is 4.98 Å². The summed E-state index contributed by atoms with van der Waals surface area (Å²) in [6.45, 7) is 6.11. The summed E-state index contributed by atoms with van der Waals surface area (Å²) in [5.74, 6) is 1.66. The number of anilines is 3. The van der Waals surface area contributed by atoms with Crippen molar-refractivity contribution >= 4 is 33.3 Å². The number of ether oxygens (including phenoxy) is 2. The third kappa shape index (κ3) is 7.15. The number of benzene rings is 2. The molecule has 36 heavy (non-hydrogen) atoms. The molecule has 1 aromatic heterocycles. The fraction of sp³-hybridized carbons (Fsp3) is 0.320. The van der Waals surface area contributed by atoms with Crippen LogP contribution >= 0.6 is 0 Å². The minimum atomic E-state index is -2.94. The molecule has 0 aliphatic heterocycles. The molecule has 0 saturated carbocycles. The zero-order chi connectivity index (χ0) is 26.1. The van der Waals surface area contributed by atoms with Gasteiger partial charge in [0, 0.05) is 34.6 Å².